The van der Waals surface area contributed by atoms with E-state index in [1.54, 1.807) is 6.92 Å². The molecule has 8 nitrogen and oxygen atoms in total. The summed E-state index contributed by atoms with van der Waals surface area (Å²) < 4.78 is 29.0. The molecule has 0 aliphatic heterocycles. The van der Waals surface area contributed by atoms with E-state index in [1.807, 2.05) is 0 Å². The van der Waals surface area contributed by atoms with Gasteiger partial charge in [-0.1, -0.05) is 0 Å². The monoisotopic (exact) mass is 315 g/mol. The Hall–Kier alpha value is -2.13. The van der Waals surface area contributed by atoms with Crippen molar-refractivity contribution in [1.29, 1.82) is 0 Å². The van der Waals surface area contributed by atoms with Crippen LogP contribution in [0.15, 0.2) is 24.3 Å². The Bertz CT molecular complexity index is 612. The number of nitrogens with two attached hydrogens (primary N) is 1. The average Bonchev–Trinajstić information content (AvgIpc) is 2.38. The molecule has 1 unspecified atom stereocenters. The smallest absolute Gasteiger partial charge is 0.332 e. The SMILES string of the molecule is CCOC(=O)C(N)C(=O)Nc1ccc(NS(C)(=O)=O)cc1. The summed E-state index contributed by atoms with van der Waals surface area (Å²) in [5.41, 5.74) is 6.16. The fourth-order valence-corrected chi connectivity index (χ4v) is 1.96. The third-order valence-electron chi connectivity index (χ3n) is 2.28. The molecule has 0 fully saturated rings. The third-order valence-corrected chi connectivity index (χ3v) is 2.89. The molecule has 0 bridgehead atoms. The number of carbonyl (C=O) groups excluding carboxylic acids is 2. The Balaban J connectivity index is 2.67. The molecule has 9 heteroatoms. The van der Waals surface area contributed by atoms with Gasteiger partial charge in [0.25, 0.3) is 5.91 Å². The van der Waals surface area contributed by atoms with Gasteiger partial charge in [0.15, 0.2) is 6.04 Å². The van der Waals surface area contributed by atoms with Gasteiger partial charge in [-0.05, 0) is 31.2 Å². The molecule has 116 valence electrons. The summed E-state index contributed by atoms with van der Waals surface area (Å²) in [6.45, 7) is 1.74. The van der Waals surface area contributed by atoms with Crippen LogP contribution in [-0.2, 0) is 24.3 Å². The van der Waals surface area contributed by atoms with Gasteiger partial charge in [-0.2, -0.15) is 0 Å². The number of hydrogen-bond donors (Lipinski definition) is 3. The first kappa shape index (κ1) is 16.9. The number of hydrogen-bond acceptors (Lipinski definition) is 6. The predicted molar refractivity (Wildman–Crippen MR) is 78.1 cm³/mol. The lowest BCUT2D eigenvalue weighted by atomic mass is 10.2. The minimum absolute atomic E-state index is 0.131. The van der Waals surface area contributed by atoms with E-state index in [1.165, 1.54) is 24.3 Å². The number of sulfonamides is 1. The highest BCUT2D eigenvalue weighted by atomic mass is 32.2. The molecule has 0 aromatic heterocycles. The van der Waals surface area contributed by atoms with Gasteiger partial charge in [0.05, 0.1) is 12.9 Å². The van der Waals surface area contributed by atoms with E-state index in [4.69, 9.17) is 5.73 Å². The Kier molecular flexibility index (Phi) is 5.68. The van der Waals surface area contributed by atoms with Crippen molar-refractivity contribution in [3.8, 4) is 0 Å². The third kappa shape index (κ3) is 5.79. The van der Waals surface area contributed by atoms with E-state index in [9.17, 15) is 18.0 Å². The summed E-state index contributed by atoms with van der Waals surface area (Å²) in [5.74, 6) is -1.53. The molecule has 1 amide bonds. The van der Waals surface area contributed by atoms with Gasteiger partial charge < -0.3 is 15.8 Å². The number of benzene rings is 1. The number of nitrogens with one attached hydrogen (secondary N) is 2. The van der Waals surface area contributed by atoms with Gasteiger partial charge in [-0.3, -0.25) is 9.52 Å². The predicted octanol–water partition coefficient (Wildman–Crippen LogP) is -0.113. The van der Waals surface area contributed by atoms with Gasteiger partial charge in [0.1, 0.15) is 0 Å². The molecule has 1 atom stereocenters. The molecular weight excluding hydrogens is 298 g/mol. The number of carbonyl (C=O) groups is 2. The second kappa shape index (κ2) is 7.04. The van der Waals surface area contributed by atoms with Crippen molar-refractivity contribution in [2.45, 2.75) is 13.0 Å². The topological polar surface area (TPSA) is 128 Å². The average molecular weight is 315 g/mol. The van der Waals surface area contributed by atoms with Gasteiger partial charge >= 0.3 is 5.97 Å². The zero-order valence-electron chi connectivity index (χ0n) is 11.6. The van der Waals surface area contributed by atoms with E-state index in [2.05, 4.69) is 14.8 Å². The van der Waals surface area contributed by atoms with E-state index in [-0.39, 0.29) is 6.61 Å². The van der Waals surface area contributed by atoms with Crippen molar-refractivity contribution >= 4 is 33.3 Å². The lowest BCUT2D eigenvalue weighted by molar-refractivity contribution is -0.146. The summed E-state index contributed by atoms with van der Waals surface area (Å²) in [7, 11) is -3.36. The second-order valence-electron chi connectivity index (χ2n) is 4.17. The van der Waals surface area contributed by atoms with Crippen LogP contribution in [0, 0.1) is 0 Å². The van der Waals surface area contributed by atoms with Gasteiger partial charge in [-0.15, -0.1) is 0 Å². The fourth-order valence-electron chi connectivity index (χ4n) is 1.39. The first-order chi connectivity index (χ1) is 9.73. The number of ether oxygens (including phenoxy) is 1. The Labute approximate surface area is 122 Å². The first-order valence-corrected chi connectivity index (χ1v) is 7.93. The largest absolute Gasteiger partial charge is 0.464 e. The number of amides is 1. The van der Waals surface area contributed by atoms with Crippen LogP contribution in [0.25, 0.3) is 0 Å². The van der Waals surface area contributed by atoms with Crippen LogP contribution in [0.1, 0.15) is 6.92 Å². The fraction of sp³-hybridized carbons (Fsp3) is 0.333. The van der Waals surface area contributed by atoms with E-state index in [0.29, 0.717) is 11.4 Å². The highest BCUT2D eigenvalue weighted by Crippen LogP contribution is 2.14. The molecular formula is C12H17N3O5S. The molecule has 1 rings (SSSR count). The van der Waals surface area contributed by atoms with Gasteiger partial charge in [0.2, 0.25) is 10.0 Å². The maximum Gasteiger partial charge on any atom is 0.332 e. The first-order valence-electron chi connectivity index (χ1n) is 6.04. The summed E-state index contributed by atoms with van der Waals surface area (Å²) >= 11 is 0. The van der Waals surface area contributed by atoms with Crippen molar-refractivity contribution < 1.29 is 22.7 Å². The minimum atomic E-state index is -3.36. The van der Waals surface area contributed by atoms with Crippen molar-refractivity contribution in [3.05, 3.63) is 24.3 Å². The van der Waals surface area contributed by atoms with Crippen LogP contribution < -0.4 is 15.8 Å². The molecule has 0 aliphatic carbocycles. The van der Waals surface area contributed by atoms with Crippen LogP contribution in [0.3, 0.4) is 0 Å². The standard InChI is InChI=1S/C12H17N3O5S/c1-3-20-12(17)10(13)11(16)14-8-4-6-9(7-5-8)15-21(2,18)19/h4-7,10,15H,3,13H2,1-2H3,(H,14,16). The lowest BCUT2D eigenvalue weighted by Gasteiger charge is -2.11. The Morgan fingerprint density at radius 1 is 1.24 bits per heavy atom. The molecule has 4 N–H and O–H groups in total. The zero-order valence-corrected chi connectivity index (χ0v) is 12.4. The summed E-state index contributed by atoms with van der Waals surface area (Å²) in [4.78, 5) is 23.0. The molecule has 0 heterocycles. The summed E-state index contributed by atoms with van der Waals surface area (Å²) in [6.07, 6.45) is 1.03. The molecule has 0 radical (unpaired) electrons. The van der Waals surface area contributed by atoms with E-state index >= 15 is 0 Å². The Morgan fingerprint density at radius 3 is 2.24 bits per heavy atom. The van der Waals surface area contributed by atoms with Crippen LogP contribution in [-0.4, -0.2) is 39.2 Å². The molecule has 0 spiro atoms. The maximum atomic E-state index is 11.7. The van der Waals surface area contributed by atoms with Crippen molar-refractivity contribution in [1.82, 2.24) is 0 Å². The number of rotatable bonds is 6. The maximum absolute atomic E-state index is 11.7. The van der Waals surface area contributed by atoms with Crippen molar-refractivity contribution in [2.24, 2.45) is 5.73 Å². The highest BCUT2D eigenvalue weighted by Gasteiger charge is 2.23. The molecule has 21 heavy (non-hydrogen) atoms. The zero-order chi connectivity index (χ0) is 16.0. The van der Waals surface area contributed by atoms with Crippen LogP contribution in [0.4, 0.5) is 11.4 Å². The summed E-state index contributed by atoms with van der Waals surface area (Å²) in [5, 5.41) is 2.43. The normalized spacial score (nSPS) is 12.3. The van der Waals surface area contributed by atoms with E-state index < -0.39 is 27.9 Å². The van der Waals surface area contributed by atoms with Crippen LogP contribution in [0.5, 0.6) is 0 Å². The summed E-state index contributed by atoms with van der Waals surface area (Å²) in [6, 6.07) is 4.46. The molecule has 1 aromatic carbocycles. The molecule has 0 saturated carbocycles. The van der Waals surface area contributed by atoms with Crippen molar-refractivity contribution in [2.75, 3.05) is 22.9 Å². The second-order valence-corrected chi connectivity index (χ2v) is 5.92. The van der Waals surface area contributed by atoms with Crippen LogP contribution in [0.2, 0.25) is 0 Å². The van der Waals surface area contributed by atoms with E-state index in [0.717, 1.165) is 6.26 Å². The highest BCUT2D eigenvalue weighted by molar-refractivity contribution is 7.92. The molecule has 1 aromatic rings. The Morgan fingerprint density at radius 2 is 1.76 bits per heavy atom. The van der Waals surface area contributed by atoms with Gasteiger partial charge in [0, 0.05) is 11.4 Å². The number of anilines is 2. The molecule has 0 saturated heterocycles. The minimum Gasteiger partial charge on any atom is -0.464 e. The van der Waals surface area contributed by atoms with Gasteiger partial charge in [-0.25, -0.2) is 13.2 Å². The van der Waals surface area contributed by atoms with Crippen LogP contribution >= 0.6 is 0 Å². The quantitative estimate of drug-likeness (QED) is 0.496. The lowest BCUT2D eigenvalue weighted by Crippen LogP contribution is -2.43. The van der Waals surface area contributed by atoms with Crippen molar-refractivity contribution in [3.63, 3.8) is 0 Å². The number of esters is 1. The molecule has 0 aliphatic rings.